The minimum atomic E-state index is -0.437. The number of benzene rings is 3. The van der Waals surface area contributed by atoms with E-state index in [0.29, 0.717) is 35.2 Å². The largest absolute Gasteiger partial charge is 0.493 e. The van der Waals surface area contributed by atoms with Gasteiger partial charge in [-0.25, -0.2) is 4.90 Å². The van der Waals surface area contributed by atoms with Gasteiger partial charge in [-0.1, -0.05) is 86.3 Å². The van der Waals surface area contributed by atoms with Gasteiger partial charge in [-0.15, -0.1) is 0 Å². The normalized spacial score (nSPS) is 16.3. The van der Waals surface area contributed by atoms with Crippen molar-refractivity contribution in [3.05, 3.63) is 101 Å². The van der Waals surface area contributed by atoms with Gasteiger partial charge >= 0.3 is 0 Å². The highest BCUT2D eigenvalue weighted by Crippen LogP contribution is 2.33. The highest BCUT2D eigenvalue weighted by atomic mass is 32.2. The van der Waals surface area contributed by atoms with Crippen LogP contribution in [0.2, 0.25) is 0 Å². The zero-order valence-electron chi connectivity index (χ0n) is 23.1. The molecule has 0 aromatic heterocycles. The van der Waals surface area contributed by atoms with Crippen molar-refractivity contribution in [1.82, 2.24) is 4.90 Å². The molecule has 41 heavy (non-hydrogen) atoms. The van der Waals surface area contributed by atoms with E-state index in [9.17, 15) is 4.79 Å². The van der Waals surface area contributed by atoms with Crippen LogP contribution < -0.4 is 9.47 Å². The number of carbonyl (C=O) groups is 1. The zero-order chi connectivity index (χ0) is 28.6. The first-order valence-corrected chi connectivity index (χ1v) is 15.4. The maximum Gasteiger partial charge on any atom is 0.283 e. The lowest BCUT2D eigenvalue weighted by Gasteiger charge is -2.24. The molecule has 210 valence electrons. The Morgan fingerprint density at radius 3 is 2.51 bits per heavy atom. The molecule has 1 atom stereocenters. The van der Waals surface area contributed by atoms with Crippen LogP contribution in [-0.2, 0) is 10.5 Å². The third kappa shape index (κ3) is 7.10. The van der Waals surface area contributed by atoms with E-state index in [4.69, 9.17) is 14.9 Å². The molecule has 2 aliphatic rings. The number of hydrogen-bond donors (Lipinski definition) is 1. The third-order valence-electron chi connectivity index (χ3n) is 6.77. The molecule has 0 aliphatic carbocycles. The summed E-state index contributed by atoms with van der Waals surface area (Å²) in [6.45, 7) is 5.50. The molecule has 1 N–H and O–H groups in total. The fourth-order valence-electron chi connectivity index (χ4n) is 4.31. The van der Waals surface area contributed by atoms with Crippen LogP contribution in [0.15, 0.2) is 93.8 Å². The molecule has 0 saturated carbocycles. The summed E-state index contributed by atoms with van der Waals surface area (Å²) in [6, 6.07) is 25.8. The maximum absolute atomic E-state index is 12.8. The second-order valence-corrected chi connectivity index (χ2v) is 11.3. The van der Waals surface area contributed by atoms with Crippen LogP contribution in [-0.4, -0.2) is 40.2 Å². The van der Waals surface area contributed by atoms with E-state index in [-0.39, 0.29) is 11.4 Å². The van der Waals surface area contributed by atoms with Crippen LogP contribution in [0.5, 0.6) is 11.5 Å². The molecule has 0 unspecified atom stereocenters. The summed E-state index contributed by atoms with van der Waals surface area (Å²) in [5.41, 5.74) is 3.42. The van der Waals surface area contributed by atoms with Gasteiger partial charge in [0.1, 0.15) is 17.3 Å². The van der Waals surface area contributed by atoms with E-state index in [0.717, 1.165) is 47.4 Å². The summed E-state index contributed by atoms with van der Waals surface area (Å²) in [5.74, 6) is 2.50. The molecule has 0 bridgehead atoms. The van der Waals surface area contributed by atoms with Crippen LogP contribution in [0.25, 0.3) is 6.08 Å². The molecular weight excluding hydrogens is 553 g/mol. The van der Waals surface area contributed by atoms with Gasteiger partial charge in [-0.2, -0.15) is 9.39 Å². The molecule has 5 rings (SSSR count). The Labute approximate surface area is 249 Å². The summed E-state index contributed by atoms with van der Waals surface area (Å²) in [4.78, 5) is 18.6. The number of amides is 1. The predicted octanol–water partition coefficient (Wildman–Crippen LogP) is 7.56. The van der Waals surface area contributed by atoms with E-state index < -0.39 is 5.91 Å². The van der Waals surface area contributed by atoms with E-state index in [1.165, 1.54) is 17.3 Å². The topological polar surface area (TPSA) is 87.3 Å². The Morgan fingerprint density at radius 1 is 1.00 bits per heavy atom. The number of nitrogens with zero attached hydrogens (tertiary/aromatic N) is 3. The first-order valence-electron chi connectivity index (χ1n) is 13.6. The van der Waals surface area contributed by atoms with Crippen LogP contribution in [0, 0.1) is 5.41 Å². The molecule has 0 spiro atoms. The number of nitrogens with one attached hydrogen (secondary N) is 1. The fraction of sp³-hybridized carbons (Fsp3) is 0.250. The van der Waals surface area contributed by atoms with Gasteiger partial charge in [-0.3, -0.25) is 10.2 Å². The lowest BCUT2D eigenvalue weighted by Crippen LogP contribution is -2.41. The first kappa shape index (κ1) is 28.7. The van der Waals surface area contributed by atoms with Gasteiger partial charge < -0.3 is 9.47 Å². The Kier molecular flexibility index (Phi) is 9.59. The maximum atomic E-state index is 12.8. The standard InChI is InChI=1S/C32H32N4O3S2/c1-3-22(2)26-12-7-8-13-28(26)39-19-9-18-38-25-16-14-23(15-17-25)20-27-29(33)36-31(34-30(27)37)41-35-32(36)40-21-24-10-5-4-6-11-24/h4-8,10-17,20,22,33H,3,9,18-19,21H2,1-2H3/b27-20-,33-29?/t22-/m1/s1. The van der Waals surface area contributed by atoms with Gasteiger partial charge in [0.25, 0.3) is 5.91 Å². The van der Waals surface area contributed by atoms with Crippen LogP contribution >= 0.6 is 23.7 Å². The minimum Gasteiger partial charge on any atom is -0.493 e. The second kappa shape index (κ2) is 13.7. The molecule has 1 amide bonds. The number of aliphatic imine (C=N–C) groups is 1. The van der Waals surface area contributed by atoms with E-state index >= 15 is 0 Å². The Balaban J connectivity index is 1.14. The highest BCUT2D eigenvalue weighted by Gasteiger charge is 2.37. The minimum absolute atomic E-state index is 0.0829. The molecule has 0 saturated heterocycles. The van der Waals surface area contributed by atoms with Crippen molar-refractivity contribution in [3.63, 3.8) is 0 Å². The number of rotatable bonds is 11. The molecule has 0 fully saturated rings. The van der Waals surface area contributed by atoms with E-state index in [2.05, 4.69) is 47.5 Å². The average molecular weight is 585 g/mol. The molecule has 2 aliphatic heterocycles. The Bertz CT molecular complexity index is 1490. The second-order valence-electron chi connectivity index (χ2n) is 9.65. The predicted molar refractivity (Wildman–Crippen MR) is 170 cm³/mol. The summed E-state index contributed by atoms with van der Waals surface area (Å²) in [5, 5.41) is 9.83. The summed E-state index contributed by atoms with van der Waals surface area (Å²) in [6.07, 6.45) is 3.52. The van der Waals surface area contributed by atoms with Crippen molar-refractivity contribution < 1.29 is 14.3 Å². The van der Waals surface area contributed by atoms with Crippen molar-refractivity contribution >= 4 is 51.9 Å². The number of carbonyl (C=O) groups excluding carboxylic acids is 1. The zero-order valence-corrected chi connectivity index (χ0v) is 24.7. The number of fused-ring (bicyclic) bond motifs is 1. The first-order chi connectivity index (χ1) is 20.0. The molecular formula is C32H32N4O3S2. The lowest BCUT2D eigenvalue weighted by molar-refractivity contribution is -0.114. The summed E-state index contributed by atoms with van der Waals surface area (Å²) >= 11 is 2.65. The van der Waals surface area contributed by atoms with E-state index in [1.807, 2.05) is 54.6 Å². The van der Waals surface area contributed by atoms with Gasteiger partial charge in [0.05, 0.1) is 30.7 Å². The van der Waals surface area contributed by atoms with Crippen molar-refractivity contribution in [3.8, 4) is 11.5 Å². The quantitative estimate of drug-likeness (QED) is 0.142. The van der Waals surface area contributed by atoms with Crippen molar-refractivity contribution in [2.24, 2.45) is 9.39 Å². The number of ether oxygens (including phenoxy) is 2. The fourth-order valence-corrected chi connectivity index (χ4v) is 6.11. The monoisotopic (exact) mass is 584 g/mol. The summed E-state index contributed by atoms with van der Waals surface area (Å²) < 4.78 is 16.4. The molecule has 9 heteroatoms. The van der Waals surface area contributed by atoms with Gasteiger partial charge in [-0.05, 0) is 53.3 Å². The molecule has 3 aromatic carbocycles. The Hall–Kier alpha value is -3.82. The van der Waals surface area contributed by atoms with Gasteiger partial charge in [0, 0.05) is 12.2 Å². The highest BCUT2D eigenvalue weighted by molar-refractivity contribution is 8.18. The SMILES string of the molecule is CC[C@@H](C)c1ccccc1OCCCOc1ccc(/C=C2/C(=N)N3C(SCc4ccccc4)=NSC3=NC2=O)cc1. The van der Waals surface area contributed by atoms with Gasteiger partial charge in [0.15, 0.2) is 5.17 Å². The molecule has 0 radical (unpaired) electrons. The smallest absolute Gasteiger partial charge is 0.283 e. The lowest BCUT2D eigenvalue weighted by atomic mass is 9.98. The molecule has 2 heterocycles. The number of thioether (sulfide) groups is 1. The van der Waals surface area contributed by atoms with Crippen molar-refractivity contribution in [1.29, 1.82) is 5.41 Å². The van der Waals surface area contributed by atoms with Gasteiger partial charge in [0.2, 0.25) is 5.17 Å². The average Bonchev–Trinajstić information content (AvgIpc) is 3.41. The molecule has 7 nitrogen and oxygen atoms in total. The van der Waals surface area contributed by atoms with Crippen molar-refractivity contribution in [2.75, 3.05) is 13.2 Å². The third-order valence-corrected chi connectivity index (χ3v) is 8.60. The summed E-state index contributed by atoms with van der Waals surface area (Å²) in [7, 11) is 0. The van der Waals surface area contributed by atoms with Crippen LogP contribution in [0.4, 0.5) is 0 Å². The van der Waals surface area contributed by atoms with E-state index in [1.54, 1.807) is 11.0 Å². The van der Waals surface area contributed by atoms with Crippen molar-refractivity contribution in [2.45, 2.75) is 38.4 Å². The molecule has 3 aromatic rings. The van der Waals surface area contributed by atoms with Crippen LogP contribution in [0.1, 0.15) is 49.3 Å². The Morgan fingerprint density at radius 2 is 1.73 bits per heavy atom. The van der Waals surface area contributed by atoms with Crippen LogP contribution in [0.3, 0.4) is 0 Å². The number of amidine groups is 3. The number of para-hydroxylation sites is 1. The number of hydrogen-bond acceptors (Lipinski definition) is 7.